The van der Waals surface area contributed by atoms with Gasteiger partial charge in [0.2, 0.25) is 0 Å². The van der Waals surface area contributed by atoms with E-state index < -0.39 is 0 Å². The van der Waals surface area contributed by atoms with Crippen LogP contribution >= 0.6 is 11.6 Å². The third kappa shape index (κ3) is 9.59. The normalized spacial score (nSPS) is 10.8. The summed E-state index contributed by atoms with van der Waals surface area (Å²) in [6, 6.07) is 13.7. The Balaban J connectivity index is 0.000000560. The van der Waals surface area contributed by atoms with Crippen LogP contribution in [0.4, 0.5) is 15.9 Å². The number of hydrogen-bond donors (Lipinski definition) is 3. The van der Waals surface area contributed by atoms with Crippen LogP contribution in [0.15, 0.2) is 61.1 Å². The lowest BCUT2D eigenvalue weighted by molar-refractivity contribution is 0.306. The summed E-state index contributed by atoms with van der Waals surface area (Å²) in [5, 5.41) is 11.4. The van der Waals surface area contributed by atoms with Gasteiger partial charge in [0, 0.05) is 24.0 Å². The maximum Gasteiger partial charge on any atom is 0.158 e. The van der Waals surface area contributed by atoms with E-state index in [0.717, 1.165) is 41.8 Å². The average molecular weight is 543 g/mol. The van der Waals surface area contributed by atoms with Crippen molar-refractivity contribution >= 4 is 28.6 Å². The molecule has 0 saturated carbocycles. The summed E-state index contributed by atoms with van der Waals surface area (Å²) in [6.07, 6.45) is 4.46. The van der Waals surface area contributed by atoms with Crippen molar-refractivity contribution in [1.29, 1.82) is 0 Å². The molecule has 0 radical (unpaired) electrons. The number of halogens is 2. The number of benzene rings is 2. The molecule has 0 aliphatic heterocycles. The van der Waals surface area contributed by atoms with Crippen molar-refractivity contribution in [1.82, 2.24) is 19.9 Å². The summed E-state index contributed by atoms with van der Waals surface area (Å²) in [4.78, 5) is 4.40. The maximum absolute atomic E-state index is 13.3. The fraction of sp³-hybridized carbons (Fsp3) is 0.379. The maximum atomic E-state index is 13.3. The highest BCUT2D eigenvalue weighted by Gasteiger charge is 2.11. The molecule has 0 spiro atoms. The van der Waals surface area contributed by atoms with E-state index in [0.29, 0.717) is 16.6 Å². The van der Waals surface area contributed by atoms with Crippen LogP contribution in [0.1, 0.15) is 59.1 Å². The Bertz CT molecular complexity index is 1270. The van der Waals surface area contributed by atoms with E-state index in [9.17, 15) is 4.39 Å². The van der Waals surface area contributed by atoms with Gasteiger partial charge >= 0.3 is 0 Å². The van der Waals surface area contributed by atoms with Gasteiger partial charge in [-0.2, -0.15) is 5.10 Å². The van der Waals surface area contributed by atoms with Crippen LogP contribution in [-0.2, 0) is 13.2 Å². The fourth-order valence-electron chi connectivity index (χ4n) is 3.13. The highest BCUT2D eigenvalue weighted by Crippen LogP contribution is 2.31. The van der Waals surface area contributed by atoms with E-state index in [2.05, 4.69) is 34.6 Å². The predicted molar refractivity (Wildman–Crippen MR) is 156 cm³/mol. The number of aromatic nitrogens is 3. The van der Waals surface area contributed by atoms with E-state index in [1.54, 1.807) is 28.8 Å². The van der Waals surface area contributed by atoms with Crippen LogP contribution in [-0.4, -0.2) is 26.7 Å². The fourth-order valence-corrected chi connectivity index (χ4v) is 3.37. The molecule has 4 aromatic rings. The molecule has 4 rings (SSSR count). The summed E-state index contributed by atoms with van der Waals surface area (Å²) in [7, 11) is 0. The lowest BCUT2D eigenvalue weighted by Crippen LogP contribution is -2.30. The third-order valence-electron chi connectivity index (χ3n) is 5.49. The summed E-state index contributed by atoms with van der Waals surface area (Å²) in [5.41, 5.74) is 9.09. The van der Waals surface area contributed by atoms with Crippen molar-refractivity contribution < 1.29 is 9.13 Å². The van der Waals surface area contributed by atoms with Gasteiger partial charge in [0.15, 0.2) is 5.82 Å². The number of hydrogen-bond acceptors (Lipinski definition) is 6. The van der Waals surface area contributed by atoms with Crippen molar-refractivity contribution in [3.05, 3.63) is 83.0 Å². The highest BCUT2D eigenvalue weighted by atomic mass is 35.5. The van der Waals surface area contributed by atoms with E-state index >= 15 is 0 Å². The number of nitrogens with two attached hydrogens (primary N) is 1. The molecular formula is C29H40ClFN6O. The minimum atomic E-state index is -0.295. The first-order valence-electron chi connectivity index (χ1n) is 12.9. The molecule has 0 saturated heterocycles. The molecule has 38 heavy (non-hydrogen) atoms. The Morgan fingerprint density at radius 1 is 1.11 bits per heavy atom. The molecule has 4 N–H and O–H groups in total. The lowest BCUT2D eigenvalue weighted by atomic mass is 10.1. The van der Waals surface area contributed by atoms with Crippen molar-refractivity contribution in [3.8, 4) is 5.75 Å². The largest absolute Gasteiger partial charge is 0.487 e. The monoisotopic (exact) mass is 542 g/mol. The van der Waals surface area contributed by atoms with Gasteiger partial charge in [0.05, 0.1) is 5.02 Å². The first-order valence-corrected chi connectivity index (χ1v) is 13.3. The minimum absolute atomic E-state index is 0.0417. The van der Waals surface area contributed by atoms with Crippen LogP contribution in [0.25, 0.3) is 5.52 Å². The van der Waals surface area contributed by atoms with Gasteiger partial charge in [-0.25, -0.2) is 13.9 Å². The van der Waals surface area contributed by atoms with Crippen LogP contribution in [0.3, 0.4) is 0 Å². The van der Waals surface area contributed by atoms with Gasteiger partial charge < -0.3 is 21.1 Å². The zero-order valence-electron chi connectivity index (χ0n) is 23.2. The van der Waals surface area contributed by atoms with E-state index in [4.69, 9.17) is 22.1 Å². The lowest BCUT2D eigenvalue weighted by Gasteiger charge is -2.13. The summed E-state index contributed by atoms with van der Waals surface area (Å²) in [6.45, 7) is 14.0. The van der Waals surface area contributed by atoms with E-state index in [1.807, 2.05) is 46.0 Å². The van der Waals surface area contributed by atoms with Crippen molar-refractivity contribution in [2.24, 2.45) is 5.73 Å². The Kier molecular flexibility index (Phi) is 12.5. The average Bonchev–Trinajstić information content (AvgIpc) is 3.32. The Morgan fingerprint density at radius 2 is 1.84 bits per heavy atom. The molecule has 2 heterocycles. The van der Waals surface area contributed by atoms with Crippen molar-refractivity contribution in [3.63, 3.8) is 0 Å². The molecule has 0 amide bonds. The Labute approximate surface area is 230 Å². The topological polar surface area (TPSA) is 89.5 Å². The van der Waals surface area contributed by atoms with Crippen LogP contribution in [0.5, 0.6) is 5.75 Å². The second-order valence-electron chi connectivity index (χ2n) is 9.05. The smallest absolute Gasteiger partial charge is 0.158 e. The number of nitrogens with zero attached hydrogens (tertiary/aromatic N) is 3. The second kappa shape index (κ2) is 15.3. The predicted octanol–water partition coefficient (Wildman–Crippen LogP) is 7.11. The number of fused-ring (bicyclic) bond motifs is 1. The van der Waals surface area contributed by atoms with Gasteiger partial charge in [0.1, 0.15) is 30.0 Å². The first-order chi connectivity index (χ1) is 18.2. The standard InChI is InChI=1S/C22H21ClFN5O.C5H13N.C2H6/c1-2-25-12-16-8-9-29-21(16)22(26-14-27-29)28-18-6-7-20(19(23)11-18)30-13-15-4-3-5-17(24)10-15;1-4-5(2,3)6;1-2/h3-11,14,25H,2,12-13H2,1H3,(H,26,27,28);4,6H2,1-3H3;1-2H3. The van der Waals surface area contributed by atoms with Crippen LogP contribution in [0, 0.1) is 5.82 Å². The first kappa shape index (κ1) is 31.0. The highest BCUT2D eigenvalue weighted by molar-refractivity contribution is 6.32. The van der Waals surface area contributed by atoms with Crippen LogP contribution < -0.4 is 21.1 Å². The molecule has 9 heteroatoms. The number of nitrogens with one attached hydrogen (secondary N) is 2. The van der Waals surface area contributed by atoms with Crippen molar-refractivity contribution in [2.75, 3.05) is 11.9 Å². The molecule has 0 unspecified atom stereocenters. The molecule has 0 fully saturated rings. The number of ether oxygens (including phenoxy) is 1. The second-order valence-corrected chi connectivity index (χ2v) is 9.46. The van der Waals surface area contributed by atoms with Gasteiger partial charge in [-0.1, -0.05) is 51.4 Å². The van der Waals surface area contributed by atoms with Crippen molar-refractivity contribution in [2.45, 2.75) is 66.7 Å². The van der Waals surface area contributed by atoms with E-state index in [1.165, 1.54) is 18.5 Å². The molecule has 0 bridgehead atoms. The zero-order valence-corrected chi connectivity index (χ0v) is 23.9. The van der Waals surface area contributed by atoms with Crippen LogP contribution in [0.2, 0.25) is 5.02 Å². The third-order valence-corrected chi connectivity index (χ3v) is 5.79. The number of rotatable bonds is 9. The minimum Gasteiger partial charge on any atom is -0.487 e. The number of anilines is 2. The van der Waals surface area contributed by atoms with Gasteiger partial charge in [-0.3, -0.25) is 0 Å². The summed E-state index contributed by atoms with van der Waals surface area (Å²) < 4.78 is 20.8. The van der Waals surface area contributed by atoms with Gasteiger partial charge in [-0.05, 0) is 74.3 Å². The summed E-state index contributed by atoms with van der Waals surface area (Å²) in [5.74, 6) is 0.916. The quantitative estimate of drug-likeness (QED) is 0.209. The molecule has 0 aliphatic rings. The zero-order chi connectivity index (χ0) is 28.1. The van der Waals surface area contributed by atoms with Gasteiger partial charge in [-0.15, -0.1) is 0 Å². The molecule has 7 nitrogen and oxygen atoms in total. The SMILES string of the molecule is CC.CCC(C)(C)N.CCNCc1ccn2ncnc(Nc3ccc(OCc4cccc(F)c4)c(Cl)c3)c12. The molecule has 206 valence electrons. The molecule has 2 aromatic heterocycles. The Morgan fingerprint density at radius 3 is 2.47 bits per heavy atom. The summed E-state index contributed by atoms with van der Waals surface area (Å²) >= 11 is 6.40. The molecule has 0 aliphatic carbocycles. The Hall–Kier alpha value is -3.20. The molecule has 2 aromatic carbocycles. The van der Waals surface area contributed by atoms with Gasteiger partial charge in [0.25, 0.3) is 0 Å². The molecular weight excluding hydrogens is 503 g/mol. The molecule has 0 atom stereocenters. The van der Waals surface area contributed by atoms with E-state index in [-0.39, 0.29) is 18.0 Å².